The van der Waals surface area contributed by atoms with Gasteiger partial charge in [-0.2, -0.15) is 0 Å². The van der Waals surface area contributed by atoms with E-state index in [2.05, 4.69) is 23.8 Å². The normalized spacial score (nSPS) is 12.1. The van der Waals surface area contributed by atoms with Gasteiger partial charge < -0.3 is 4.74 Å². The zero-order valence-electron chi connectivity index (χ0n) is 22.9. The third kappa shape index (κ3) is 5.19. The van der Waals surface area contributed by atoms with E-state index in [0.29, 0.717) is 27.8 Å². The van der Waals surface area contributed by atoms with Gasteiger partial charge in [0.25, 0.3) is 0 Å². The van der Waals surface area contributed by atoms with Gasteiger partial charge in [-0.05, 0) is 30.9 Å². The van der Waals surface area contributed by atoms with E-state index in [1.54, 1.807) is 29.4 Å². The highest BCUT2D eigenvalue weighted by Crippen LogP contribution is 2.39. The van der Waals surface area contributed by atoms with Crippen LogP contribution in [0, 0.1) is 12.8 Å². The summed E-state index contributed by atoms with van der Waals surface area (Å²) < 4.78 is 9.04. The Morgan fingerprint density at radius 2 is 1.85 bits per heavy atom. The number of benzene rings is 2. The quantitative estimate of drug-likeness (QED) is 0.189. The smallest absolute Gasteiger partial charge is 0.342 e. The third-order valence-electron chi connectivity index (χ3n) is 7.26. The van der Waals surface area contributed by atoms with Gasteiger partial charge in [-0.3, -0.25) is 9.55 Å². The molecule has 0 fully saturated rings. The Morgan fingerprint density at radius 3 is 2.52 bits per heavy atom. The van der Waals surface area contributed by atoms with Gasteiger partial charge in [-0.15, -0.1) is 0 Å². The molecule has 5 aromatic rings. The van der Waals surface area contributed by atoms with E-state index in [0.717, 1.165) is 36.8 Å². The summed E-state index contributed by atoms with van der Waals surface area (Å²) in [7, 11) is 0. The van der Waals surface area contributed by atoms with Crippen LogP contribution in [-0.4, -0.2) is 36.5 Å². The molecule has 206 valence electrons. The number of esters is 1. The van der Waals surface area contributed by atoms with Gasteiger partial charge >= 0.3 is 11.7 Å². The van der Waals surface area contributed by atoms with Crippen LogP contribution >= 0.6 is 11.6 Å². The van der Waals surface area contributed by atoms with Crippen LogP contribution < -0.4 is 5.69 Å². The lowest BCUT2D eigenvalue weighted by Gasteiger charge is -2.15. The summed E-state index contributed by atoms with van der Waals surface area (Å²) in [5.74, 6) is 0.450. The summed E-state index contributed by atoms with van der Waals surface area (Å²) in [4.78, 5) is 39.8. The second-order valence-electron chi connectivity index (χ2n) is 9.90. The van der Waals surface area contributed by atoms with Crippen molar-refractivity contribution in [1.29, 1.82) is 0 Å². The molecule has 0 bridgehead atoms. The fraction of sp³-hybridized carbons (Fsp3) is 0.290. The van der Waals surface area contributed by atoms with E-state index < -0.39 is 11.7 Å². The Kier molecular flexibility index (Phi) is 8.16. The van der Waals surface area contributed by atoms with Crippen molar-refractivity contribution in [2.24, 2.45) is 5.92 Å². The summed E-state index contributed by atoms with van der Waals surface area (Å²) >= 11 is 6.70. The molecule has 0 spiro atoms. The van der Waals surface area contributed by atoms with Crippen LogP contribution in [-0.2, 0) is 4.74 Å². The van der Waals surface area contributed by atoms with Gasteiger partial charge in [0.2, 0.25) is 0 Å². The van der Waals surface area contributed by atoms with E-state index in [4.69, 9.17) is 21.3 Å². The van der Waals surface area contributed by atoms with E-state index >= 15 is 0 Å². The number of hydrogen-bond donors (Lipinski definition) is 1. The number of unbranched alkanes of at least 4 members (excludes halogenated alkanes) is 1. The summed E-state index contributed by atoms with van der Waals surface area (Å²) in [5.41, 5.74) is 2.66. The minimum atomic E-state index is -0.553. The molecule has 0 aliphatic carbocycles. The number of aromatic nitrogens is 5. The number of aryl methyl sites for hydroxylation is 1. The highest BCUT2D eigenvalue weighted by Gasteiger charge is 2.31. The Hall–Kier alpha value is -4.17. The number of fused-ring (bicyclic) bond motifs is 1. The maximum atomic E-state index is 14.0. The molecule has 40 heavy (non-hydrogen) atoms. The first-order valence-corrected chi connectivity index (χ1v) is 14.0. The van der Waals surface area contributed by atoms with Crippen molar-refractivity contribution < 1.29 is 9.53 Å². The van der Waals surface area contributed by atoms with E-state index in [1.165, 1.54) is 4.40 Å². The number of nitrogens with zero attached hydrogens (tertiary/aromatic N) is 4. The number of carbonyl (C=O) groups excluding carboxylic acids is 1. The van der Waals surface area contributed by atoms with Gasteiger partial charge in [0.15, 0.2) is 5.65 Å². The lowest BCUT2D eigenvalue weighted by Crippen LogP contribution is -2.21. The Labute approximate surface area is 237 Å². The molecule has 0 radical (unpaired) electrons. The van der Waals surface area contributed by atoms with Gasteiger partial charge in [0.05, 0.1) is 6.61 Å². The lowest BCUT2D eigenvalue weighted by atomic mass is 10.0. The molecule has 8 nitrogen and oxygen atoms in total. The lowest BCUT2D eigenvalue weighted by molar-refractivity contribution is 0.0431. The highest BCUT2D eigenvalue weighted by atomic mass is 35.5. The van der Waals surface area contributed by atoms with Crippen molar-refractivity contribution in [3.05, 3.63) is 93.9 Å². The van der Waals surface area contributed by atoms with Crippen LogP contribution in [0.1, 0.15) is 55.5 Å². The van der Waals surface area contributed by atoms with Crippen LogP contribution in [0.15, 0.2) is 72.0 Å². The second kappa shape index (κ2) is 11.9. The first-order chi connectivity index (χ1) is 19.4. The van der Waals surface area contributed by atoms with Gasteiger partial charge in [0.1, 0.15) is 23.5 Å². The standard InChI is InChI=1S/C31H32ClN5O3/c1-4-6-12-21(5-2)18-40-30(38)26-25(23-14-9-10-15-24(23)32)29(36-17-16-33-19-36)37-28(26)34-27(35-31(37)39)22-13-8-7-11-20(22)3/h7-11,13-17,19,21H,4-6,12,18H2,1-3H3,(H,34,35,39). The number of halogens is 1. The number of nitrogens with one attached hydrogen (secondary N) is 1. The summed E-state index contributed by atoms with van der Waals surface area (Å²) in [6.07, 6.45) is 8.91. The second-order valence-corrected chi connectivity index (χ2v) is 10.3. The third-order valence-corrected chi connectivity index (χ3v) is 7.59. The number of ether oxygens (including phenoxy) is 1. The minimum absolute atomic E-state index is 0.183. The maximum Gasteiger partial charge on any atom is 0.342 e. The molecule has 1 N–H and O–H groups in total. The molecule has 0 saturated heterocycles. The van der Waals surface area contributed by atoms with Crippen LogP contribution in [0.2, 0.25) is 5.02 Å². The number of hydrogen-bond acceptors (Lipinski definition) is 5. The van der Waals surface area contributed by atoms with Crippen molar-refractivity contribution >= 4 is 23.2 Å². The molecular weight excluding hydrogens is 526 g/mol. The molecule has 1 atom stereocenters. The Morgan fingerprint density at radius 1 is 1.10 bits per heavy atom. The molecule has 3 heterocycles. The molecule has 2 aromatic carbocycles. The molecule has 3 aromatic heterocycles. The van der Waals surface area contributed by atoms with Gasteiger partial charge in [-0.25, -0.2) is 24.0 Å². The highest BCUT2D eigenvalue weighted by molar-refractivity contribution is 6.33. The summed E-state index contributed by atoms with van der Waals surface area (Å²) in [6, 6.07) is 14.9. The number of aromatic amines is 1. The van der Waals surface area contributed by atoms with E-state index in [1.807, 2.05) is 49.4 Å². The summed E-state index contributed by atoms with van der Waals surface area (Å²) in [5, 5.41) is 0.429. The maximum absolute atomic E-state index is 14.0. The molecule has 0 aliphatic rings. The van der Waals surface area contributed by atoms with E-state index in [-0.39, 0.29) is 23.7 Å². The average molecular weight is 558 g/mol. The van der Waals surface area contributed by atoms with Crippen molar-refractivity contribution in [2.45, 2.75) is 46.5 Å². The largest absolute Gasteiger partial charge is 0.462 e. The summed E-state index contributed by atoms with van der Waals surface area (Å²) in [6.45, 7) is 6.47. The molecule has 9 heteroatoms. The van der Waals surface area contributed by atoms with Crippen LogP contribution in [0.25, 0.3) is 34.0 Å². The first kappa shape index (κ1) is 27.4. The van der Waals surface area contributed by atoms with E-state index in [9.17, 15) is 9.59 Å². The molecule has 0 saturated carbocycles. The molecule has 0 aliphatic heterocycles. The number of imidazole rings is 1. The minimum Gasteiger partial charge on any atom is -0.462 e. The number of carbonyl (C=O) groups is 1. The molecule has 5 rings (SSSR count). The predicted octanol–water partition coefficient (Wildman–Crippen LogP) is 6.88. The monoisotopic (exact) mass is 557 g/mol. The van der Waals surface area contributed by atoms with Crippen LogP contribution in [0.4, 0.5) is 0 Å². The van der Waals surface area contributed by atoms with Gasteiger partial charge in [0, 0.05) is 34.1 Å². The molecular formula is C31H32ClN5O3. The zero-order valence-corrected chi connectivity index (χ0v) is 23.6. The van der Waals surface area contributed by atoms with Gasteiger partial charge in [-0.1, -0.05) is 87.2 Å². The van der Waals surface area contributed by atoms with Crippen molar-refractivity contribution in [1.82, 2.24) is 23.9 Å². The van der Waals surface area contributed by atoms with Crippen LogP contribution in [0.3, 0.4) is 0 Å². The van der Waals surface area contributed by atoms with Crippen molar-refractivity contribution in [2.75, 3.05) is 6.61 Å². The fourth-order valence-corrected chi connectivity index (χ4v) is 5.24. The predicted molar refractivity (Wildman–Crippen MR) is 157 cm³/mol. The zero-order chi connectivity index (χ0) is 28.2. The fourth-order valence-electron chi connectivity index (χ4n) is 5.01. The number of rotatable bonds is 10. The molecule has 0 amide bonds. The van der Waals surface area contributed by atoms with Crippen molar-refractivity contribution in [3.8, 4) is 28.3 Å². The Balaban J connectivity index is 1.80. The average Bonchev–Trinajstić information content (AvgIpc) is 3.60. The topological polar surface area (TPSA) is 94.3 Å². The first-order valence-electron chi connectivity index (χ1n) is 13.6. The number of H-pyrrole nitrogens is 1. The molecule has 1 unspecified atom stereocenters. The van der Waals surface area contributed by atoms with Crippen molar-refractivity contribution in [3.63, 3.8) is 0 Å². The van der Waals surface area contributed by atoms with Crippen LogP contribution in [0.5, 0.6) is 0 Å². The SMILES string of the molecule is CCCCC(CC)COC(=O)c1c(-c2ccccc2Cl)c(-n2ccnc2)n2c(=O)[nH]c(-c3ccccc3C)nc12. The Bertz CT molecular complexity index is 1700.